The van der Waals surface area contributed by atoms with Crippen LogP contribution in [0.15, 0.2) is 12.1 Å². The molecule has 0 atom stereocenters. The Balaban J connectivity index is 1.41. The van der Waals surface area contributed by atoms with Crippen LogP contribution in [0.2, 0.25) is 0 Å². The number of anilines is 2. The van der Waals surface area contributed by atoms with Crippen LogP contribution in [0.1, 0.15) is 48.9 Å². The van der Waals surface area contributed by atoms with E-state index >= 15 is 0 Å². The molecule has 8 nitrogen and oxygen atoms in total. The van der Waals surface area contributed by atoms with Gasteiger partial charge in [-0.1, -0.05) is 6.42 Å². The summed E-state index contributed by atoms with van der Waals surface area (Å²) < 4.78 is 23.5. The van der Waals surface area contributed by atoms with E-state index in [0.717, 1.165) is 32.4 Å². The summed E-state index contributed by atoms with van der Waals surface area (Å²) in [5.74, 6) is 0.998. The van der Waals surface area contributed by atoms with Gasteiger partial charge < -0.3 is 15.1 Å². The summed E-state index contributed by atoms with van der Waals surface area (Å²) in [7, 11) is -3.06. The zero-order chi connectivity index (χ0) is 20.9. The molecule has 3 heterocycles. The van der Waals surface area contributed by atoms with Crippen LogP contribution in [0.3, 0.4) is 0 Å². The first-order chi connectivity index (χ1) is 14.3. The van der Waals surface area contributed by atoms with Crippen molar-refractivity contribution in [2.75, 3.05) is 47.9 Å². The SMILES string of the molecule is O=C(Nc1ccc(C(=O)N2CCS(=O)(=O)CC2)c(N2CCC3(CCC3)C2)n1)C1CC1. The number of nitrogens with one attached hydrogen (secondary N) is 1. The molecule has 1 spiro atoms. The van der Waals surface area contributed by atoms with Crippen molar-refractivity contribution in [3.05, 3.63) is 17.7 Å². The van der Waals surface area contributed by atoms with E-state index in [4.69, 9.17) is 4.98 Å². The summed E-state index contributed by atoms with van der Waals surface area (Å²) in [6.45, 7) is 2.16. The molecule has 4 fully saturated rings. The summed E-state index contributed by atoms with van der Waals surface area (Å²) in [5, 5.41) is 2.89. The largest absolute Gasteiger partial charge is 0.355 e. The minimum absolute atomic E-state index is 0.00383. The van der Waals surface area contributed by atoms with Gasteiger partial charge in [-0.2, -0.15) is 0 Å². The second-order valence-corrected chi connectivity index (χ2v) is 11.6. The Morgan fingerprint density at radius 1 is 1.07 bits per heavy atom. The number of nitrogens with zero attached hydrogens (tertiary/aromatic N) is 3. The highest BCUT2D eigenvalue weighted by Gasteiger charge is 2.44. The van der Waals surface area contributed by atoms with Crippen LogP contribution in [0.25, 0.3) is 0 Å². The fourth-order valence-electron chi connectivity index (χ4n) is 4.79. The maximum atomic E-state index is 13.3. The van der Waals surface area contributed by atoms with E-state index in [9.17, 15) is 18.0 Å². The number of aromatic nitrogens is 1. The molecule has 30 heavy (non-hydrogen) atoms. The Bertz CT molecular complexity index is 971. The van der Waals surface area contributed by atoms with E-state index in [2.05, 4.69) is 10.2 Å². The molecule has 2 saturated heterocycles. The fourth-order valence-corrected chi connectivity index (χ4v) is 5.99. The average Bonchev–Trinajstić information content (AvgIpc) is 3.44. The highest BCUT2D eigenvalue weighted by Crippen LogP contribution is 2.49. The highest BCUT2D eigenvalue weighted by atomic mass is 32.2. The number of hydrogen-bond acceptors (Lipinski definition) is 6. The van der Waals surface area contributed by atoms with Gasteiger partial charge in [0, 0.05) is 32.1 Å². The summed E-state index contributed by atoms with van der Waals surface area (Å²) in [4.78, 5) is 34.0. The zero-order valence-corrected chi connectivity index (χ0v) is 17.9. The third-order valence-electron chi connectivity index (χ3n) is 7.09. The van der Waals surface area contributed by atoms with Crippen LogP contribution in [-0.2, 0) is 14.6 Å². The Morgan fingerprint density at radius 2 is 1.80 bits per heavy atom. The molecule has 0 unspecified atom stereocenters. The normalized spacial score (nSPS) is 24.5. The van der Waals surface area contributed by atoms with E-state index in [1.807, 2.05) is 0 Å². The van der Waals surface area contributed by atoms with Crippen LogP contribution in [0.4, 0.5) is 11.6 Å². The summed E-state index contributed by atoms with van der Waals surface area (Å²) in [6.07, 6.45) is 6.63. The van der Waals surface area contributed by atoms with Gasteiger partial charge in [-0.15, -0.1) is 0 Å². The van der Waals surface area contributed by atoms with Gasteiger partial charge in [-0.05, 0) is 49.7 Å². The first-order valence-corrected chi connectivity index (χ1v) is 12.7. The van der Waals surface area contributed by atoms with Crippen molar-refractivity contribution in [1.29, 1.82) is 0 Å². The van der Waals surface area contributed by atoms with E-state index in [1.165, 1.54) is 19.3 Å². The van der Waals surface area contributed by atoms with Gasteiger partial charge in [0.15, 0.2) is 9.84 Å². The standard InChI is InChI=1S/C21H28N4O4S/c26-19(15-2-3-15)23-17-5-4-16(20(27)24-10-12-30(28,29)13-11-24)18(22-17)25-9-8-21(14-25)6-1-7-21/h4-5,15H,1-3,6-14H2,(H,22,23,26). The third-order valence-corrected chi connectivity index (χ3v) is 8.70. The predicted molar refractivity (Wildman–Crippen MR) is 113 cm³/mol. The number of rotatable bonds is 4. The molecule has 2 aliphatic carbocycles. The lowest BCUT2D eigenvalue weighted by atomic mass is 9.68. The summed E-state index contributed by atoms with van der Waals surface area (Å²) in [6, 6.07) is 3.43. The van der Waals surface area contributed by atoms with Crippen LogP contribution >= 0.6 is 0 Å². The molecule has 2 aliphatic heterocycles. The monoisotopic (exact) mass is 432 g/mol. The van der Waals surface area contributed by atoms with Crippen molar-refractivity contribution < 1.29 is 18.0 Å². The van der Waals surface area contributed by atoms with Crippen LogP contribution in [0, 0.1) is 11.3 Å². The molecule has 5 rings (SSSR count). The summed E-state index contributed by atoms with van der Waals surface area (Å²) >= 11 is 0. The van der Waals surface area contributed by atoms with E-state index in [-0.39, 0.29) is 42.3 Å². The van der Waals surface area contributed by atoms with Crippen molar-refractivity contribution in [3.63, 3.8) is 0 Å². The molecule has 1 aromatic rings. The van der Waals surface area contributed by atoms with Crippen molar-refractivity contribution in [2.24, 2.45) is 11.3 Å². The van der Waals surface area contributed by atoms with Crippen LogP contribution in [0.5, 0.6) is 0 Å². The number of pyridine rings is 1. The first-order valence-electron chi connectivity index (χ1n) is 10.9. The van der Waals surface area contributed by atoms with Gasteiger partial charge in [-0.3, -0.25) is 9.59 Å². The molecular weight excluding hydrogens is 404 g/mol. The van der Waals surface area contributed by atoms with Gasteiger partial charge >= 0.3 is 0 Å². The van der Waals surface area contributed by atoms with Gasteiger partial charge in [0.1, 0.15) is 11.6 Å². The van der Waals surface area contributed by atoms with Crippen molar-refractivity contribution in [2.45, 2.75) is 38.5 Å². The number of carbonyl (C=O) groups excluding carboxylic acids is 2. The minimum Gasteiger partial charge on any atom is -0.355 e. The Labute approximate surface area is 176 Å². The van der Waals surface area contributed by atoms with Gasteiger partial charge in [0.2, 0.25) is 5.91 Å². The Kier molecular flexibility index (Phi) is 4.76. The number of carbonyl (C=O) groups is 2. The molecule has 9 heteroatoms. The molecule has 2 saturated carbocycles. The highest BCUT2D eigenvalue weighted by molar-refractivity contribution is 7.91. The number of amides is 2. The third kappa shape index (κ3) is 3.79. The van der Waals surface area contributed by atoms with Crippen LogP contribution in [-0.4, -0.2) is 67.8 Å². The van der Waals surface area contributed by atoms with Crippen molar-refractivity contribution in [3.8, 4) is 0 Å². The maximum absolute atomic E-state index is 13.3. The van der Waals surface area contributed by atoms with Crippen molar-refractivity contribution >= 4 is 33.3 Å². The Morgan fingerprint density at radius 3 is 2.40 bits per heavy atom. The summed E-state index contributed by atoms with van der Waals surface area (Å²) in [5.41, 5.74) is 0.837. The molecule has 0 bridgehead atoms. The second kappa shape index (κ2) is 7.21. The van der Waals surface area contributed by atoms with Gasteiger partial charge in [0.05, 0.1) is 17.1 Å². The molecule has 162 valence electrons. The molecule has 4 aliphatic rings. The fraction of sp³-hybridized carbons (Fsp3) is 0.667. The van der Waals surface area contributed by atoms with Crippen LogP contribution < -0.4 is 10.2 Å². The topological polar surface area (TPSA) is 99.7 Å². The number of hydrogen-bond donors (Lipinski definition) is 1. The van der Waals surface area contributed by atoms with E-state index in [1.54, 1.807) is 17.0 Å². The van der Waals surface area contributed by atoms with Crippen molar-refractivity contribution in [1.82, 2.24) is 9.88 Å². The maximum Gasteiger partial charge on any atom is 0.257 e. The smallest absolute Gasteiger partial charge is 0.257 e. The minimum atomic E-state index is -3.06. The lowest BCUT2D eigenvalue weighted by molar-refractivity contribution is -0.117. The lowest BCUT2D eigenvalue weighted by Gasteiger charge is -2.38. The molecular formula is C21H28N4O4S. The quantitative estimate of drug-likeness (QED) is 0.777. The van der Waals surface area contributed by atoms with Gasteiger partial charge in [0.25, 0.3) is 5.91 Å². The predicted octanol–water partition coefficient (Wildman–Crippen LogP) is 1.68. The Hall–Kier alpha value is -2.16. The molecule has 1 aromatic heterocycles. The first kappa shape index (κ1) is 19.8. The molecule has 2 amide bonds. The zero-order valence-electron chi connectivity index (χ0n) is 17.1. The molecule has 0 radical (unpaired) electrons. The molecule has 0 aromatic carbocycles. The van der Waals surface area contributed by atoms with Gasteiger partial charge in [-0.25, -0.2) is 13.4 Å². The lowest BCUT2D eigenvalue weighted by Crippen LogP contribution is -2.44. The second-order valence-electron chi connectivity index (χ2n) is 9.30. The van der Waals surface area contributed by atoms with E-state index in [0.29, 0.717) is 22.6 Å². The number of sulfone groups is 1. The average molecular weight is 433 g/mol. The van der Waals surface area contributed by atoms with E-state index < -0.39 is 9.84 Å². The molecule has 1 N–H and O–H groups in total.